The number of hydrogen-bond donors (Lipinski definition) is 1. The molecule has 1 fully saturated rings. The number of nitrogens with zero attached hydrogens (tertiary/aromatic N) is 2. The molecular weight excluding hydrogens is 449 g/mol. The maximum atomic E-state index is 12.7. The summed E-state index contributed by atoms with van der Waals surface area (Å²) in [5.74, 6) is -0.812. The quantitative estimate of drug-likeness (QED) is 0.743. The van der Waals surface area contributed by atoms with E-state index >= 15 is 0 Å². The molecule has 2 aromatic carbocycles. The molecule has 0 saturated carbocycles. The van der Waals surface area contributed by atoms with Crippen LogP contribution in [0.4, 0.5) is 0 Å². The van der Waals surface area contributed by atoms with Crippen LogP contribution in [0.15, 0.2) is 42.5 Å². The lowest BCUT2D eigenvalue weighted by Crippen LogP contribution is -2.55. The van der Waals surface area contributed by atoms with Crippen molar-refractivity contribution in [2.75, 3.05) is 26.2 Å². The molecule has 0 aliphatic carbocycles. The number of amides is 3. The molecule has 30 heavy (non-hydrogen) atoms. The molecule has 2 aromatic rings. The molecule has 1 saturated heterocycles. The zero-order chi connectivity index (χ0) is 21.8. The predicted molar refractivity (Wildman–Crippen MR) is 117 cm³/mol. The molecule has 0 aromatic heterocycles. The van der Waals surface area contributed by atoms with Gasteiger partial charge in [0.15, 0.2) is 0 Å². The lowest BCUT2D eigenvalue weighted by molar-refractivity contribution is -0.134. The van der Waals surface area contributed by atoms with Crippen LogP contribution in [0.3, 0.4) is 0 Å². The van der Waals surface area contributed by atoms with Gasteiger partial charge in [-0.15, -0.1) is 0 Å². The van der Waals surface area contributed by atoms with Gasteiger partial charge in [-0.25, -0.2) is 0 Å². The van der Waals surface area contributed by atoms with Gasteiger partial charge in [-0.2, -0.15) is 0 Å². The van der Waals surface area contributed by atoms with Crippen molar-refractivity contribution in [3.63, 3.8) is 0 Å². The van der Waals surface area contributed by atoms with Gasteiger partial charge in [-0.1, -0.05) is 46.9 Å². The Kier molecular flexibility index (Phi) is 7.23. The third-order valence-electron chi connectivity index (χ3n) is 4.82. The second kappa shape index (κ2) is 9.69. The van der Waals surface area contributed by atoms with Gasteiger partial charge >= 0.3 is 0 Å². The Morgan fingerprint density at radius 1 is 0.900 bits per heavy atom. The highest BCUT2D eigenvalue weighted by Gasteiger charge is 2.28. The average molecular weight is 469 g/mol. The molecular formula is C21H20Cl3N3O3. The van der Waals surface area contributed by atoms with Crippen LogP contribution in [-0.2, 0) is 4.79 Å². The summed E-state index contributed by atoms with van der Waals surface area (Å²) < 4.78 is 0. The molecule has 0 radical (unpaired) electrons. The number of benzene rings is 2. The van der Waals surface area contributed by atoms with Gasteiger partial charge in [0, 0.05) is 41.8 Å². The Hall–Kier alpha value is -2.28. The minimum atomic E-state index is -0.720. The second-order valence-electron chi connectivity index (χ2n) is 6.95. The standard InChI is InChI=1S/C21H20Cl3N3O3/c1-13(25-19(28)17-4-2-3-5-18(17)24)20(29)26-6-8-27(9-7-26)21(30)14-10-15(22)12-16(23)11-14/h2-5,10-13H,6-9H2,1H3,(H,25,28). The molecule has 1 N–H and O–H groups in total. The van der Waals surface area contributed by atoms with Crippen molar-refractivity contribution in [3.8, 4) is 0 Å². The van der Waals surface area contributed by atoms with Crippen molar-refractivity contribution in [3.05, 3.63) is 68.7 Å². The van der Waals surface area contributed by atoms with E-state index in [-0.39, 0.29) is 11.8 Å². The summed E-state index contributed by atoms with van der Waals surface area (Å²) in [4.78, 5) is 41.1. The zero-order valence-corrected chi connectivity index (χ0v) is 18.5. The van der Waals surface area contributed by atoms with E-state index in [1.807, 2.05) is 0 Å². The van der Waals surface area contributed by atoms with Gasteiger partial charge in [-0.05, 0) is 37.3 Å². The zero-order valence-electron chi connectivity index (χ0n) is 16.2. The van der Waals surface area contributed by atoms with Crippen LogP contribution >= 0.6 is 34.8 Å². The lowest BCUT2D eigenvalue weighted by Gasteiger charge is -2.36. The van der Waals surface area contributed by atoms with E-state index < -0.39 is 11.9 Å². The van der Waals surface area contributed by atoms with Crippen molar-refractivity contribution in [2.45, 2.75) is 13.0 Å². The molecule has 158 valence electrons. The Labute approximate surface area is 189 Å². The van der Waals surface area contributed by atoms with Gasteiger partial charge in [0.1, 0.15) is 6.04 Å². The monoisotopic (exact) mass is 467 g/mol. The van der Waals surface area contributed by atoms with Crippen LogP contribution in [0.25, 0.3) is 0 Å². The van der Waals surface area contributed by atoms with Gasteiger partial charge in [0.05, 0.1) is 10.6 Å². The first-order valence-electron chi connectivity index (χ1n) is 9.36. The van der Waals surface area contributed by atoms with Crippen LogP contribution in [0.5, 0.6) is 0 Å². The fourth-order valence-corrected chi connectivity index (χ4v) is 3.99. The Morgan fingerprint density at radius 2 is 1.47 bits per heavy atom. The summed E-state index contributed by atoms with van der Waals surface area (Å²) >= 11 is 18.0. The molecule has 3 amide bonds. The molecule has 6 nitrogen and oxygen atoms in total. The van der Waals surface area contributed by atoms with E-state index in [0.29, 0.717) is 52.4 Å². The summed E-state index contributed by atoms with van der Waals surface area (Å²) in [6.07, 6.45) is 0. The van der Waals surface area contributed by atoms with Crippen LogP contribution in [0.1, 0.15) is 27.6 Å². The first-order chi connectivity index (χ1) is 14.3. The van der Waals surface area contributed by atoms with E-state index in [0.717, 1.165) is 0 Å². The highest BCUT2D eigenvalue weighted by molar-refractivity contribution is 6.35. The average Bonchev–Trinajstić information content (AvgIpc) is 2.72. The summed E-state index contributed by atoms with van der Waals surface area (Å²) in [7, 11) is 0. The van der Waals surface area contributed by atoms with Gasteiger partial charge in [0.25, 0.3) is 11.8 Å². The Bertz CT molecular complexity index is 955. The van der Waals surface area contributed by atoms with Gasteiger partial charge < -0.3 is 15.1 Å². The number of rotatable bonds is 4. The lowest BCUT2D eigenvalue weighted by atomic mass is 10.1. The number of piperazine rings is 1. The van der Waals surface area contributed by atoms with Crippen LogP contribution in [0.2, 0.25) is 15.1 Å². The summed E-state index contributed by atoms with van der Waals surface area (Å²) in [5.41, 5.74) is 0.724. The summed E-state index contributed by atoms with van der Waals surface area (Å²) in [6.45, 7) is 3.11. The highest BCUT2D eigenvalue weighted by Crippen LogP contribution is 2.21. The second-order valence-corrected chi connectivity index (χ2v) is 8.23. The van der Waals surface area contributed by atoms with E-state index in [2.05, 4.69) is 5.32 Å². The van der Waals surface area contributed by atoms with E-state index in [4.69, 9.17) is 34.8 Å². The molecule has 0 spiro atoms. The Balaban J connectivity index is 1.56. The third kappa shape index (κ3) is 5.25. The first kappa shape index (κ1) is 22.4. The fourth-order valence-electron chi connectivity index (χ4n) is 3.25. The van der Waals surface area contributed by atoms with E-state index in [1.165, 1.54) is 0 Å². The first-order valence-corrected chi connectivity index (χ1v) is 10.5. The number of nitrogens with one attached hydrogen (secondary N) is 1. The fraction of sp³-hybridized carbons (Fsp3) is 0.286. The number of carbonyl (C=O) groups is 3. The number of hydrogen-bond acceptors (Lipinski definition) is 3. The van der Waals surface area contributed by atoms with E-state index in [1.54, 1.807) is 59.2 Å². The summed E-state index contributed by atoms with van der Waals surface area (Å²) in [6, 6.07) is 10.6. The van der Waals surface area contributed by atoms with Crippen molar-refractivity contribution in [1.29, 1.82) is 0 Å². The molecule has 1 heterocycles. The van der Waals surface area contributed by atoms with Crippen LogP contribution < -0.4 is 5.32 Å². The molecule has 1 unspecified atom stereocenters. The largest absolute Gasteiger partial charge is 0.340 e. The molecule has 3 rings (SSSR count). The summed E-state index contributed by atoms with van der Waals surface area (Å²) in [5, 5.41) is 3.79. The predicted octanol–water partition coefficient (Wildman–Crippen LogP) is 3.75. The minimum absolute atomic E-state index is 0.188. The topological polar surface area (TPSA) is 69.7 Å². The van der Waals surface area contributed by atoms with Crippen molar-refractivity contribution in [1.82, 2.24) is 15.1 Å². The van der Waals surface area contributed by atoms with Gasteiger partial charge in [-0.3, -0.25) is 14.4 Å². The van der Waals surface area contributed by atoms with Crippen LogP contribution in [-0.4, -0.2) is 59.7 Å². The molecule has 1 aliphatic heterocycles. The van der Waals surface area contributed by atoms with Crippen LogP contribution in [0, 0.1) is 0 Å². The highest BCUT2D eigenvalue weighted by atomic mass is 35.5. The molecule has 0 bridgehead atoms. The van der Waals surface area contributed by atoms with Crippen molar-refractivity contribution in [2.24, 2.45) is 0 Å². The van der Waals surface area contributed by atoms with E-state index in [9.17, 15) is 14.4 Å². The minimum Gasteiger partial charge on any atom is -0.340 e. The Morgan fingerprint density at radius 3 is 2.07 bits per heavy atom. The third-order valence-corrected chi connectivity index (χ3v) is 5.59. The molecule has 1 aliphatic rings. The number of carbonyl (C=O) groups excluding carboxylic acids is 3. The molecule has 1 atom stereocenters. The van der Waals surface area contributed by atoms with Crippen molar-refractivity contribution >= 4 is 52.5 Å². The smallest absolute Gasteiger partial charge is 0.254 e. The normalized spacial score (nSPS) is 14.9. The molecule has 9 heteroatoms. The SMILES string of the molecule is CC(NC(=O)c1ccccc1Cl)C(=O)N1CCN(C(=O)c2cc(Cl)cc(Cl)c2)CC1. The van der Waals surface area contributed by atoms with Crippen molar-refractivity contribution < 1.29 is 14.4 Å². The maximum Gasteiger partial charge on any atom is 0.254 e. The van der Waals surface area contributed by atoms with Gasteiger partial charge in [0.2, 0.25) is 5.91 Å². The number of halogens is 3. The maximum absolute atomic E-state index is 12.7.